The first-order valence-corrected chi connectivity index (χ1v) is 10.2. The fraction of sp³-hybridized carbons (Fsp3) is 0.455. The molecular formula is C22H25N5O2. The Kier molecular flexibility index (Phi) is 4.26. The van der Waals surface area contributed by atoms with Crippen molar-refractivity contribution in [3.05, 3.63) is 46.4 Å². The predicted molar refractivity (Wildman–Crippen MR) is 109 cm³/mol. The Labute approximate surface area is 169 Å². The zero-order valence-corrected chi connectivity index (χ0v) is 17.0. The van der Waals surface area contributed by atoms with E-state index >= 15 is 0 Å². The van der Waals surface area contributed by atoms with Crippen LogP contribution in [0.2, 0.25) is 0 Å². The average Bonchev–Trinajstić information content (AvgIpc) is 3.39. The summed E-state index contributed by atoms with van der Waals surface area (Å²) in [6.45, 7) is 3.98. The number of aryl methyl sites for hydroxylation is 4. The van der Waals surface area contributed by atoms with Crippen molar-refractivity contribution < 1.29 is 9.53 Å². The third-order valence-corrected chi connectivity index (χ3v) is 5.84. The van der Waals surface area contributed by atoms with E-state index in [0.717, 1.165) is 52.1 Å². The standard InChI is InChI=1S/C22H25N5O2/c1-12-10-19(25-22-20(12)21(14-5-6-14)26-27(22)3)29-11-18(28)24-17-9-8-16-15(17)7-4-13(2)23-16/h4,7,10,14,17H,5-6,8-9,11H2,1-3H3,(H,24,28). The summed E-state index contributed by atoms with van der Waals surface area (Å²) in [4.78, 5) is 21.6. The quantitative estimate of drug-likeness (QED) is 0.723. The second-order valence-electron chi connectivity index (χ2n) is 8.20. The van der Waals surface area contributed by atoms with Crippen LogP contribution in [0.15, 0.2) is 18.2 Å². The van der Waals surface area contributed by atoms with E-state index in [1.54, 1.807) is 0 Å². The zero-order chi connectivity index (χ0) is 20.1. The molecule has 150 valence electrons. The number of fused-ring (bicyclic) bond motifs is 2. The Hall–Kier alpha value is -2.96. The van der Waals surface area contributed by atoms with Gasteiger partial charge in [0.2, 0.25) is 5.88 Å². The van der Waals surface area contributed by atoms with Gasteiger partial charge in [-0.1, -0.05) is 6.07 Å². The van der Waals surface area contributed by atoms with Crippen LogP contribution in [0.3, 0.4) is 0 Å². The number of carbonyl (C=O) groups is 1. The summed E-state index contributed by atoms with van der Waals surface area (Å²) in [5.74, 6) is 0.871. The summed E-state index contributed by atoms with van der Waals surface area (Å²) in [6, 6.07) is 5.96. The summed E-state index contributed by atoms with van der Waals surface area (Å²) < 4.78 is 7.55. The average molecular weight is 391 g/mol. The van der Waals surface area contributed by atoms with Crippen molar-refractivity contribution in [2.24, 2.45) is 7.05 Å². The molecule has 5 rings (SSSR count). The predicted octanol–water partition coefficient (Wildman–Crippen LogP) is 3.04. The molecule has 1 N–H and O–H groups in total. The Morgan fingerprint density at radius 2 is 2.07 bits per heavy atom. The van der Waals surface area contributed by atoms with Crippen LogP contribution in [0.5, 0.6) is 5.88 Å². The van der Waals surface area contributed by atoms with E-state index in [1.807, 2.05) is 30.8 Å². The van der Waals surface area contributed by atoms with Gasteiger partial charge in [0.1, 0.15) is 0 Å². The largest absolute Gasteiger partial charge is 0.468 e. The van der Waals surface area contributed by atoms with E-state index in [4.69, 9.17) is 4.74 Å². The third kappa shape index (κ3) is 3.34. The molecule has 1 fully saturated rings. The van der Waals surface area contributed by atoms with Gasteiger partial charge in [-0.3, -0.25) is 14.5 Å². The van der Waals surface area contributed by atoms with Crippen LogP contribution in [0.1, 0.15) is 59.4 Å². The lowest BCUT2D eigenvalue weighted by Crippen LogP contribution is -2.31. The van der Waals surface area contributed by atoms with Gasteiger partial charge < -0.3 is 10.1 Å². The summed E-state index contributed by atoms with van der Waals surface area (Å²) >= 11 is 0. The molecule has 1 unspecified atom stereocenters. The first kappa shape index (κ1) is 18.1. The highest BCUT2D eigenvalue weighted by atomic mass is 16.5. The monoisotopic (exact) mass is 391 g/mol. The third-order valence-electron chi connectivity index (χ3n) is 5.84. The number of aromatic nitrogens is 4. The Morgan fingerprint density at radius 3 is 2.86 bits per heavy atom. The van der Waals surface area contributed by atoms with Gasteiger partial charge in [0.15, 0.2) is 12.3 Å². The van der Waals surface area contributed by atoms with E-state index < -0.39 is 0 Å². The molecule has 0 radical (unpaired) electrons. The zero-order valence-electron chi connectivity index (χ0n) is 17.0. The SMILES string of the molecule is Cc1ccc2c(n1)CCC2NC(=O)COc1cc(C)c2c(C3CC3)nn(C)c2n1. The first-order chi connectivity index (χ1) is 14.0. The Morgan fingerprint density at radius 1 is 1.24 bits per heavy atom. The highest BCUT2D eigenvalue weighted by Crippen LogP contribution is 2.43. The van der Waals surface area contributed by atoms with Gasteiger partial charge in [0.05, 0.1) is 11.7 Å². The van der Waals surface area contributed by atoms with Crippen LogP contribution in [0.25, 0.3) is 11.0 Å². The number of rotatable bonds is 5. The summed E-state index contributed by atoms with van der Waals surface area (Å²) in [7, 11) is 1.91. The maximum absolute atomic E-state index is 12.5. The molecule has 2 aliphatic rings. The number of carbonyl (C=O) groups excluding carboxylic acids is 1. The van der Waals surface area contributed by atoms with Gasteiger partial charge in [-0.25, -0.2) is 0 Å². The van der Waals surface area contributed by atoms with Gasteiger partial charge in [-0.15, -0.1) is 0 Å². The molecule has 0 aromatic carbocycles. The molecule has 1 atom stereocenters. The second-order valence-corrected chi connectivity index (χ2v) is 8.20. The molecule has 3 aromatic heterocycles. The minimum atomic E-state index is -0.147. The fourth-order valence-corrected chi connectivity index (χ4v) is 4.25. The van der Waals surface area contributed by atoms with Crippen molar-refractivity contribution >= 4 is 16.9 Å². The lowest BCUT2D eigenvalue weighted by Gasteiger charge is -2.14. The Bertz CT molecular complexity index is 1120. The van der Waals surface area contributed by atoms with Gasteiger partial charge >= 0.3 is 0 Å². The van der Waals surface area contributed by atoms with E-state index in [2.05, 4.69) is 33.4 Å². The van der Waals surface area contributed by atoms with Gasteiger partial charge in [0, 0.05) is 35.8 Å². The van der Waals surface area contributed by atoms with Gasteiger partial charge in [0.25, 0.3) is 5.91 Å². The number of hydrogen-bond acceptors (Lipinski definition) is 5. The number of amides is 1. The molecule has 0 aliphatic heterocycles. The van der Waals surface area contributed by atoms with Crippen molar-refractivity contribution in [2.45, 2.75) is 51.5 Å². The first-order valence-electron chi connectivity index (χ1n) is 10.2. The van der Waals surface area contributed by atoms with Crippen molar-refractivity contribution in [2.75, 3.05) is 6.61 Å². The van der Waals surface area contributed by atoms with Crippen LogP contribution >= 0.6 is 0 Å². The highest BCUT2D eigenvalue weighted by molar-refractivity contribution is 5.84. The smallest absolute Gasteiger partial charge is 0.258 e. The van der Waals surface area contributed by atoms with Crippen molar-refractivity contribution in [3.8, 4) is 5.88 Å². The molecule has 2 aliphatic carbocycles. The molecule has 3 aromatic rings. The number of pyridine rings is 2. The number of ether oxygens (including phenoxy) is 1. The Balaban J connectivity index is 1.28. The summed E-state index contributed by atoms with van der Waals surface area (Å²) in [5, 5.41) is 8.85. The second kappa shape index (κ2) is 6.83. The van der Waals surface area contributed by atoms with Gasteiger partial charge in [-0.05, 0) is 56.7 Å². The molecule has 7 nitrogen and oxygen atoms in total. The molecule has 29 heavy (non-hydrogen) atoms. The summed E-state index contributed by atoms with van der Waals surface area (Å²) in [6.07, 6.45) is 4.16. The summed E-state index contributed by atoms with van der Waals surface area (Å²) in [5.41, 5.74) is 6.25. The minimum Gasteiger partial charge on any atom is -0.468 e. The lowest BCUT2D eigenvalue weighted by molar-refractivity contribution is -0.123. The molecule has 3 heterocycles. The van der Waals surface area contributed by atoms with E-state index in [1.165, 1.54) is 12.8 Å². The van der Waals surface area contributed by atoms with Crippen LogP contribution < -0.4 is 10.1 Å². The maximum Gasteiger partial charge on any atom is 0.258 e. The number of nitrogens with one attached hydrogen (secondary N) is 1. The van der Waals surface area contributed by atoms with Crippen LogP contribution in [0.4, 0.5) is 0 Å². The normalized spacial score (nSPS) is 18.1. The number of nitrogens with zero attached hydrogens (tertiary/aromatic N) is 4. The molecule has 1 saturated carbocycles. The van der Waals surface area contributed by atoms with Crippen molar-refractivity contribution in [1.29, 1.82) is 0 Å². The minimum absolute atomic E-state index is 0.00421. The van der Waals surface area contributed by atoms with Crippen LogP contribution in [0, 0.1) is 13.8 Å². The van der Waals surface area contributed by atoms with E-state index in [0.29, 0.717) is 11.8 Å². The van der Waals surface area contributed by atoms with E-state index in [9.17, 15) is 4.79 Å². The van der Waals surface area contributed by atoms with E-state index in [-0.39, 0.29) is 18.6 Å². The van der Waals surface area contributed by atoms with Crippen molar-refractivity contribution in [3.63, 3.8) is 0 Å². The number of hydrogen-bond donors (Lipinski definition) is 1. The molecule has 0 bridgehead atoms. The molecule has 1 amide bonds. The topological polar surface area (TPSA) is 81.9 Å². The molecule has 0 saturated heterocycles. The molecule has 0 spiro atoms. The lowest BCUT2D eigenvalue weighted by atomic mass is 10.1. The molecular weight excluding hydrogens is 366 g/mol. The van der Waals surface area contributed by atoms with Crippen LogP contribution in [-0.2, 0) is 18.3 Å². The highest BCUT2D eigenvalue weighted by Gasteiger charge is 2.30. The van der Waals surface area contributed by atoms with Crippen LogP contribution in [-0.4, -0.2) is 32.3 Å². The molecule has 7 heteroatoms. The fourth-order valence-electron chi connectivity index (χ4n) is 4.25. The van der Waals surface area contributed by atoms with Gasteiger partial charge in [-0.2, -0.15) is 10.1 Å². The van der Waals surface area contributed by atoms with Crippen molar-refractivity contribution in [1.82, 2.24) is 25.1 Å². The maximum atomic E-state index is 12.5.